The molecule has 1 aliphatic carbocycles. The topological polar surface area (TPSA) is 50.7 Å². The molecule has 0 radical (unpaired) electrons. The first kappa shape index (κ1) is 11.6. The molecule has 4 nitrogen and oxygen atoms in total. The number of hydrazone groups is 1. The van der Waals surface area contributed by atoms with Crippen molar-refractivity contribution in [3.05, 3.63) is 29.3 Å². The van der Waals surface area contributed by atoms with Crippen LogP contribution in [0.15, 0.2) is 23.3 Å². The van der Waals surface area contributed by atoms with E-state index in [-0.39, 0.29) is 5.91 Å². The van der Waals surface area contributed by atoms with Gasteiger partial charge in [-0.2, -0.15) is 5.10 Å². The lowest BCUT2D eigenvalue weighted by molar-refractivity contribution is -0.120. The van der Waals surface area contributed by atoms with Crippen molar-refractivity contribution in [3.63, 3.8) is 0 Å². The lowest BCUT2D eigenvalue weighted by Crippen LogP contribution is -2.17. The number of hydrogen-bond acceptors (Lipinski definition) is 3. The van der Waals surface area contributed by atoms with E-state index >= 15 is 0 Å². The van der Waals surface area contributed by atoms with Gasteiger partial charge in [0.25, 0.3) is 0 Å². The maximum atomic E-state index is 11.1. The lowest BCUT2D eigenvalue weighted by atomic mass is 10.1. The van der Waals surface area contributed by atoms with E-state index in [1.165, 1.54) is 5.56 Å². The van der Waals surface area contributed by atoms with Crippen LogP contribution in [0.4, 0.5) is 0 Å². The van der Waals surface area contributed by atoms with E-state index in [0.717, 1.165) is 29.9 Å². The molecular weight excluding hydrogens is 216 g/mol. The van der Waals surface area contributed by atoms with Crippen molar-refractivity contribution < 1.29 is 9.53 Å². The number of amides is 1. The Hall–Kier alpha value is -1.84. The van der Waals surface area contributed by atoms with Crippen molar-refractivity contribution in [1.29, 1.82) is 0 Å². The van der Waals surface area contributed by atoms with Crippen LogP contribution in [-0.2, 0) is 11.2 Å². The van der Waals surface area contributed by atoms with Gasteiger partial charge in [-0.1, -0.05) is 6.92 Å². The van der Waals surface area contributed by atoms with Crippen LogP contribution in [0.2, 0.25) is 0 Å². The van der Waals surface area contributed by atoms with Gasteiger partial charge in [-0.25, -0.2) is 5.43 Å². The molecule has 0 saturated heterocycles. The van der Waals surface area contributed by atoms with Crippen LogP contribution in [0, 0.1) is 0 Å². The fourth-order valence-corrected chi connectivity index (χ4v) is 1.90. The third-order valence-electron chi connectivity index (χ3n) is 2.89. The van der Waals surface area contributed by atoms with Crippen molar-refractivity contribution in [1.82, 2.24) is 5.43 Å². The molecule has 1 N–H and O–H groups in total. The van der Waals surface area contributed by atoms with Crippen molar-refractivity contribution in [2.45, 2.75) is 26.2 Å². The molecule has 0 spiro atoms. The largest absolute Gasteiger partial charge is 0.497 e. The Labute approximate surface area is 101 Å². The zero-order chi connectivity index (χ0) is 12.3. The van der Waals surface area contributed by atoms with E-state index < -0.39 is 0 Å². The van der Waals surface area contributed by atoms with Crippen LogP contribution >= 0.6 is 0 Å². The standard InChI is InChI=1S/C13H16N2O2/c1-3-13(16)15-14-12-7-4-9-8-10(17-2)5-6-11(9)12/h5-6,8H,3-4,7H2,1-2H3,(H,15,16)/b14-12+. The minimum atomic E-state index is -0.0561. The van der Waals surface area contributed by atoms with Gasteiger partial charge in [0, 0.05) is 12.0 Å². The number of benzene rings is 1. The number of nitrogens with zero attached hydrogens (tertiary/aromatic N) is 1. The summed E-state index contributed by atoms with van der Waals surface area (Å²) in [4.78, 5) is 11.1. The fourth-order valence-electron chi connectivity index (χ4n) is 1.90. The second kappa shape index (κ2) is 4.99. The van der Waals surface area contributed by atoms with Gasteiger partial charge in [-0.05, 0) is 36.6 Å². The van der Waals surface area contributed by atoms with Crippen LogP contribution in [0.5, 0.6) is 5.75 Å². The summed E-state index contributed by atoms with van der Waals surface area (Å²) in [5.41, 5.74) is 5.85. The first-order chi connectivity index (χ1) is 8.24. The Morgan fingerprint density at radius 3 is 3.00 bits per heavy atom. The second-order valence-electron chi connectivity index (χ2n) is 3.97. The van der Waals surface area contributed by atoms with Gasteiger partial charge in [0.1, 0.15) is 5.75 Å². The SMILES string of the molecule is CCC(=O)N/N=C1\CCc2cc(OC)ccc21. The zero-order valence-corrected chi connectivity index (χ0v) is 10.1. The highest BCUT2D eigenvalue weighted by molar-refractivity contribution is 6.05. The van der Waals surface area contributed by atoms with E-state index in [0.29, 0.717) is 6.42 Å². The normalized spacial score (nSPS) is 15.8. The number of methoxy groups -OCH3 is 1. The Morgan fingerprint density at radius 2 is 2.29 bits per heavy atom. The molecule has 0 fully saturated rings. The van der Waals surface area contributed by atoms with E-state index in [4.69, 9.17) is 4.74 Å². The molecule has 0 heterocycles. The van der Waals surface area contributed by atoms with Crippen LogP contribution < -0.4 is 10.2 Å². The van der Waals surface area contributed by atoms with Crippen LogP contribution in [0.25, 0.3) is 0 Å². The van der Waals surface area contributed by atoms with Crippen LogP contribution in [-0.4, -0.2) is 18.7 Å². The van der Waals surface area contributed by atoms with Crippen molar-refractivity contribution >= 4 is 11.6 Å². The second-order valence-corrected chi connectivity index (χ2v) is 3.97. The minimum Gasteiger partial charge on any atom is -0.497 e. The average Bonchev–Trinajstić information content (AvgIpc) is 2.77. The van der Waals surface area contributed by atoms with Gasteiger partial charge in [-0.3, -0.25) is 4.79 Å². The molecule has 0 aliphatic heterocycles. The maximum Gasteiger partial charge on any atom is 0.239 e. The highest BCUT2D eigenvalue weighted by Gasteiger charge is 2.18. The highest BCUT2D eigenvalue weighted by atomic mass is 16.5. The molecule has 1 aromatic carbocycles. The number of nitrogens with one attached hydrogen (secondary N) is 1. The summed E-state index contributed by atoms with van der Waals surface area (Å²) in [6.07, 6.45) is 2.27. The molecule has 4 heteroatoms. The molecule has 0 saturated carbocycles. The summed E-state index contributed by atoms with van der Waals surface area (Å²) in [6.45, 7) is 1.81. The number of ether oxygens (including phenoxy) is 1. The number of carbonyl (C=O) groups is 1. The molecule has 1 aromatic rings. The number of rotatable bonds is 3. The van der Waals surface area contributed by atoms with Crippen molar-refractivity contribution in [2.75, 3.05) is 7.11 Å². The molecule has 0 atom stereocenters. The Bertz CT molecular complexity index is 466. The fraction of sp³-hybridized carbons (Fsp3) is 0.385. The summed E-state index contributed by atoms with van der Waals surface area (Å²) in [6, 6.07) is 5.94. The van der Waals surface area contributed by atoms with E-state index in [2.05, 4.69) is 10.5 Å². The van der Waals surface area contributed by atoms with E-state index in [1.54, 1.807) is 7.11 Å². The highest BCUT2D eigenvalue weighted by Crippen LogP contribution is 2.26. The average molecular weight is 232 g/mol. The quantitative estimate of drug-likeness (QED) is 0.809. The Kier molecular flexibility index (Phi) is 3.42. The summed E-state index contributed by atoms with van der Waals surface area (Å²) >= 11 is 0. The Morgan fingerprint density at radius 1 is 1.47 bits per heavy atom. The third-order valence-corrected chi connectivity index (χ3v) is 2.89. The van der Waals surface area contributed by atoms with Crippen molar-refractivity contribution in [2.24, 2.45) is 5.10 Å². The van der Waals surface area contributed by atoms with Gasteiger partial charge in [0.15, 0.2) is 0 Å². The number of hydrogen-bond donors (Lipinski definition) is 1. The van der Waals surface area contributed by atoms with Gasteiger partial charge in [0.05, 0.1) is 12.8 Å². The summed E-state index contributed by atoms with van der Waals surface area (Å²) in [5, 5.41) is 4.17. The summed E-state index contributed by atoms with van der Waals surface area (Å²) in [7, 11) is 1.66. The van der Waals surface area contributed by atoms with E-state index in [1.807, 2.05) is 25.1 Å². The van der Waals surface area contributed by atoms with Gasteiger partial charge in [0.2, 0.25) is 5.91 Å². The number of aryl methyl sites for hydroxylation is 1. The lowest BCUT2D eigenvalue weighted by Gasteiger charge is -2.04. The van der Waals surface area contributed by atoms with E-state index in [9.17, 15) is 4.79 Å². The molecule has 2 rings (SSSR count). The molecule has 1 aliphatic rings. The summed E-state index contributed by atoms with van der Waals surface area (Å²) < 4.78 is 5.18. The Balaban J connectivity index is 2.19. The number of carbonyl (C=O) groups excluding carboxylic acids is 1. The molecule has 90 valence electrons. The predicted molar refractivity (Wildman–Crippen MR) is 66.3 cm³/mol. The first-order valence-electron chi connectivity index (χ1n) is 5.77. The predicted octanol–water partition coefficient (Wildman–Crippen LogP) is 1.87. The first-order valence-corrected chi connectivity index (χ1v) is 5.77. The molecular formula is C13H16N2O2. The van der Waals surface area contributed by atoms with Crippen molar-refractivity contribution in [3.8, 4) is 5.75 Å². The molecule has 0 aromatic heterocycles. The zero-order valence-electron chi connectivity index (χ0n) is 10.1. The minimum absolute atomic E-state index is 0.0561. The van der Waals surface area contributed by atoms with Gasteiger partial charge < -0.3 is 4.74 Å². The molecule has 1 amide bonds. The molecule has 0 unspecified atom stereocenters. The summed E-state index contributed by atoms with van der Waals surface area (Å²) in [5.74, 6) is 0.807. The van der Waals surface area contributed by atoms with Crippen LogP contribution in [0.3, 0.4) is 0 Å². The van der Waals surface area contributed by atoms with Gasteiger partial charge in [-0.15, -0.1) is 0 Å². The monoisotopic (exact) mass is 232 g/mol. The number of fused-ring (bicyclic) bond motifs is 1. The van der Waals surface area contributed by atoms with Gasteiger partial charge >= 0.3 is 0 Å². The smallest absolute Gasteiger partial charge is 0.239 e. The van der Waals surface area contributed by atoms with Crippen LogP contribution in [0.1, 0.15) is 30.9 Å². The maximum absolute atomic E-state index is 11.1. The third kappa shape index (κ3) is 2.46. The molecule has 17 heavy (non-hydrogen) atoms. The molecule has 0 bridgehead atoms.